The van der Waals surface area contributed by atoms with E-state index in [9.17, 15) is 27.5 Å². The lowest BCUT2D eigenvalue weighted by Crippen LogP contribution is -2.54. The summed E-state index contributed by atoms with van der Waals surface area (Å²) in [6, 6.07) is 1.19. The van der Waals surface area contributed by atoms with Gasteiger partial charge in [-0.05, 0) is 37.6 Å². The normalized spacial score (nSPS) is 15.3. The van der Waals surface area contributed by atoms with Crippen molar-refractivity contribution in [2.45, 2.75) is 43.4 Å². The number of aliphatic hydroxyl groups excluding tert-OH is 1. The Balaban J connectivity index is 2.91. The minimum absolute atomic E-state index is 0.0401. The minimum atomic E-state index is -4.10. The molecule has 4 N–H and O–H groups in total. The van der Waals surface area contributed by atoms with Gasteiger partial charge in [0.2, 0.25) is 15.9 Å². The van der Waals surface area contributed by atoms with Crippen LogP contribution in [0.4, 0.5) is 4.39 Å². The Bertz CT molecular complexity index is 690. The van der Waals surface area contributed by atoms with Crippen LogP contribution in [-0.4, -0.2) is 48.7 Å². The van der Waals surface area contributed by atoms with Gasteiger partial charge in [-0.1, -0.05) is 6.92 Å². The Morgan fingerprint density at radius 1 is 1.25 bits per heavy atom. The van der Waals surface area contributed by atoms with E-state index in [0.29, 0.717) is 0 Å². The molecule has 0 heterocycles. The molecule has 3 unspecified atom stereocenters. The first-order valence-electron chi connectivity index (χ1n) is 7.07. The molecule has 0 saturated heterocycles. The number of amides is 1. The van der Waals surface area contributed by atoms with E-state index >= 15 is 0 Å². The molecule has 1 aromatic carbocycles. The van der Waals surface area contributed by atoms with Crippen LogP contribution in [0.5, 0.6) is 0 Å². The number of nitrogens with one attached hydrogen (secondary N) is 2. The molecule has 0 radical (unpaired) electrons. The second-order valence-electron chi connectivity index (χ2n) is 5.10. The lowest BCUT2D eigenvalue weighted by Gasteiger charge is -2.21. The van der Waals surface area contributed by atoms with Gasteiger partial charge in [0.15, 0.2) is 6.04 Å². The molecule has 3 atom stereocenters. The van der Waals surface area contributed by atoms with E-state index in [-0.39, 0.29) is 11.3 Å². The standard InChI is InChI=1S/C14H19FN2O6S/c1-3-11(13(19)16-12(8(2)18)14(20)21)17-24(22,23)10-6-4-9(15)5-7-10/h4-8,11-12,17-18H,3H2,1-2H3,(H,16,19)(H,20,21). The van der Waals surface area contributed by atoms with Gasteiger partial charge in [-0.2, -0.15) is 4.72 Å². The molecular weight excluding hydrogens is 343 g/mol. The molecule has 134 valence electrons. The fourth-order valence-electron chi connectivity index (χ4n) is 1.83. The van der Waals surface area contributed by atoms with Crippen LogP contribution in [-0.2, 0) is 19.6 Å². The Labute approximate surface area is 138 Å². The summed E-state index contributed by atoms with van der Waals surface area (Å²) in [6.45, 7) is 2.71. The van der Waals surface area contributed by atoms with E-state index in [1.807, 2.05) is 0 Å². The van der Waals surface area contributed by atoms with Crippen molar-refractivity contribution >= 4 is 21.9 Å². The van der Waals surface area contributed by atoms with E-state index in [4.69, 9.17) is 5.11 Å². The third-order valence-electron chi connectivity index (χ3n) is 3.19. The molecule has 0 aliphatic heterocycles. The Morgan fingerprint density at radius 2 is 1.79 bits per heavy atom. The number of carbonyl (C=O) groups excluding carboxylic acids is 1. The Kier molecular flexibility index (Phi) is 6.81. The summed E-state index contributed by atoms with van der Waals surface area (Å²) >= 11 is 0. The predicted molar refractivity (Wildman–Crippen MR) is 82.0 cm³/mol. The van der Waals surface area contributed by atoms with Gasteiger partial charge in [0.05, 0.1) is 11.0 Å². The first kappa shape index (κ1) is 20.0. The zero-order chi connectivity index (χ0) is 18.5. The number of aliphatic carboxylic acids is 1. The molecule has 8 nitrogen and oxygen atoms in total. The summed E-state index contributed by atoms with van der Waals surface area (Å²) in [5.74, 6) is -2.95. The van der Waals surface area contributed by atoms with Crippen molar-refractivity contribution in [3.05, 3.63) is 30.1 Å². The largest absolute Gasteiger partial charge is 0.480 e. The topological polar surface area (TPSA) is 133 Å². The molecule has 24 heavy (non-hydrogen) atoms. The van der Waals surface area contributed by atoms with Crippen molar-refractivity contribution in [1.82, 2.24) is 10.0 Å². The lowest BCUT2D eigenvalue weighted by atomic mass is 10.1. The van der Waals surface area contributed by atoms with Crippen LogP contribution < -0.4 is 10.0 Å². The third-order valence-corrected chi connectivity index (χ3v) is 4.68. The van der Waals surface area contributed by atoms with Gasteiger partial charge in [-0.15, -0.1) is 0 Å². The molecule has 0 bridgehead atoms. The number of hydrogen-bond acceptors (Lipinski definition) is 5. The van der Waals surface area contributed by atoms with Crippen LogP contribution in [0, 0.1) is 5.82 Å². The summed E-state index contributed by atoms with van der Waals surface area (Å²) in [6.07, 6.45) is -1.32. The smallest absolute Gasteiger partial charge is 0.328 e. The van der Waals surface area contributed by atoms with Crippen molar-refractivity contribution in [3.63, 3.8) is 0 Å². The monoisotopic (exact) mass is 362 g/mol. The van der Waals surface area contributed by atoms with Crippen LogP contribution in [0.1, 0.15) is 20.3 Å². The van der Waals surface area contributed by atoms with Crippen LogP contribution in [0.2, 0.25) is 0 Å². The maximum atomic E-state index is 12.9. The molecule has 10 heteroatoms. The molecule has 1 amide bonds. The van der Waals surface area contributed by atoms with Gasteiger partial charge < -0.3 is 15.5 Å². The number of sulfonamides is 1. The van der Waals surface area contributed by atoms with E-state index in [1.54, 1.807) is 0 Å². The van der Waals surface area contributed by atoms with Gasteiger partial charge in [-0.25, -0.2) is 17.6 Å². The van der Waals surface area contributed by atoms with Crippen LogP contribution in [0.25, 0.3) is 0 Å². The van der Waals surface area contributed by atoms with Crippen LogP contribution in [0.3, 0.4) is 0 Å². The molecule has 1 aromatic rings. The summed E-state index contributed by atoms with van der Waals surface area (Å²) in [4.78, 5) is 22.8. The molecule has 0 fully saturated rings. The number of halogens is 1. The third kappa shape index (κ3) is 5.25. The van der Waals surface area contributed by atoms with E-state index in [1.165, 1.54) is 13.8 Å². The second-order valence-corrected chi connectivity index (χ2v) is 6.82. The number of carboxylic acids is 1. The van der Waals surface area contributed by atoms with Crippen molar-refractivity contribution in [2.75, 3.05) is 0 Å². The molecule has 0 aliphatic rings. The van der Waals surface area contributed by atoms with Gasteiger partial charge in [0, 0.05) is 0 Å². The number of aliphatic hydroxyl groups is 1. The highest BCUT2D eigenvalue weighted by atomic mass is 32.2. The first-order chi connectivity index (χ1) is 11.1. The summed E-state index contributed by atoms with van der Waals surface area (Å²) in [7, 11) is -4.10. The Morgan fingerprint density at radius 3 is 2.21 bits per heavy atom. The second kappa shape index (κ2) is 8.18. The highest BCUT2D eigenvalue weighted by Gasteiger charge is 2.30. The van der Waals surface area contributed by atoms with Gasteiger partial charge in [0.25, 0.3) is 0 Å². The minimum Gasteiger partial charge on any atom is -0.480 e. The van der Waals surface area contributed by atoms with Gasteiger partial charge >= 0.3 is 5.97 Å². The maximum Gasteiger partial charge on any atom is 0.328 e. The molecule has 1 rings (SSSR count). The predicted octanol–water partition coefficient (Wildman–Crippen LogP) is -0.167. The van der Waals surface area contributed by atoms with E-state index < -0.39 is 45.9 Å². The maximum absolute atomic E-state index is 12.9. The van der Waals surface area contributed by atoms with Crippen LogP contribution >= 0.6 is 0 Å². The van der Waals surface area contributed by atoms with Crippen molar-refractivity contribution in [1.29, 1.82) is 0 Å². The fourth-order valence-corrected chi connectivity index (χ4v) is 3.11. The van der Waals surface area contributed by atoms with Crippen LogP contribution in [0.15, 0.2) is 29.2 Å². The SMILES string of the molecule is CCC(NS(=O)(=O)c1ccc(F)cc1)C(=O)NC(C(=O)O)C(C)O. The zero-order valence-electron chi connectivity index (χ0n) is 13.1. The first-order valence-corrected chi connectivity index (χ1v) is 8.56. The molecule has 0 spiro atoms. The number of rotatable bonds is 8. The number of carboxylic acid groups (broad SMARTS) is 1. The summed E-state index contributed by atoms with van der Waals surface area (Å²) in [5, 5.41) is 20.4. The lowest BCUT2D eigenvalue weighted by molar-refractivity contribution is -0.145. The highest BCUT2D eigenvalue weighted by Crippen LogP contribution is 2.11. The summed E-state index contributed by atoms with van der Waals surface area (Å²) in [5.41, 5.74) is 0. The van der Waals surface area contributed by atoms with Crippen molar-refractivity contribution in [2.24, 2.45) is 0 Å². The molecular formula is C14H19FN2O6S. The molecule has 0 saturated carbocycles. The molecule has 0 aliphatic carbocycles. The van der Waals surface area contributed by atoms with Gasteiger partial charge in [-0.3, -0.25) is 4.79 Å². The molecule has 0 aromatic heterocycles. The average Bonchev–Trinajstić information content (AvgIpc) is 2.49. The zero-order valence-corrected chi connectivity index (χ0v) is 13.9. The number of carbonyl (C=O) groups is 2. The van der Waals surface area contributed by atoms with Crippen molar-refractivity contribution < 1.29 is 32.6 Å². The number of hydrogen-bond donors (Lipinski definition) is 4. The van der Waals surface area contributed by atoms with E-state index in [0.717, 1.165) is 24.3 Å². The quantitative estimate of drug-likeness (QED) is 0.508. The highest BCUT2D eigenvalue weighted by molar-refractivity contribution is 7.89. The Hall–Kier alpha value is -2.04. The summed E-state index contributed by atoms with van der Waals surface area (Å²) < 4.78 is 39.4. The van der Waals surface area contributed by atoms with Crippen molar-refractivity contribution in [3.8, 4) is 0 Å². The van der Waals surface area contributed by atoms with E-state index in [2.05, 4.69) is 10.0 Å². The average molecular weight is 362 g/mol. The number of benzene rings is 1. The van der Waals surface area contributed by atoms with Gasteiger partial charge in [0.1, 0.15) is 11.9 Å². The fraction of sp³-hybridized carbons (Fsp3) is 0.429.